The number of rotatable bonds is 16. The molecule has 17 heteroatoms. The summed E-state index contributed by atoms with van der Waals surface area (Å²) < 4.78 is 26.7. The van der Waals surface area contributed by atoms with Crippen LogP contribution in [-0.2, 0) is 40.9 Å². The van der Waals surface area contributed by atoms with Gasteiger partial charge < -0.3 is 23.5 Å². The van der Waals surface area contributed by atoms with Gasteiger partial charge in [0.05, 0.1) is 68.4 Å². The molecule has 296 valence electrons. The highest BCUT2D eigenvalue weighted by atomic mass is 16.5. The number of nitrogens with zero attached hydrogens (tertiary/aromatic N) is 7. The topological polar surface area (TPSA) is 189 Å². The molecule has 3 aromatic heterocycles. The predicted octanol–water partition coefficient (Wildman–Crippen LogP) is 2.38. The first-order chi connectivity index (χ1) is 27.6. The van der Waals surface area contributed by atoms with E-state index in [9.17, 15) is 24.0 Å². The van der Waals surface area contributed by atoms with E-state index >= 15 is 0 Å². The number of pyridine rings is 2. The number of carbonyl (C=O) groups excluding carboxylic acids is 4. The van der Waals surface area contributed by atoms with E-state index in [2.05, 4.69) is 25.5 Å². The molecule has 0 saturated carbocycles. The third-order valence-electron chi connectivity index (χ3n) is 10.0. The maximum Gasteiger partial charge on any atom is 0.262 e. The fraction of sp³-hybridized carbons (Fsp3) is 0.350. The van der Waals surface area contributed by atoms with E-state index in [-0.39, 0.29) is 36.1 Å². The first-order valence-corrected chi connectivity index (χ1v) is 18.4. The van der Waals surface area contributed by atoms with Gasteiger partial charge in [0.15, 0.2) is 0 Å². The van der Waals surface area contributed by atoms with E-state index in [0.717, 1.165) is 27.0 Å². The largest absolute Gasteiger partial charge is 0.496 e. The molecule has 57 heavy (non-hydrogen) atoms. The summed E-state index contributed by atoms with van der Waals surface area (Å²) in [6.45, 7) is 2.84. The minimum Gasteiger partial charge on any atom is -0.496 e. The minimum absolute atomic E-state index is 0.0529. The summed E-state index contributed by atoms with van der Waals surface area (Å²) >= 11 is 0. The van der Waals surface area contributed by atoms with Crippen LogP contribution in [0.15, 0.2) is 66.0 Å². The zero-order chi connectivity index (χ0) is 40.2. The van der Waals surface area contributed by atoms with Crippen molar-refractivity contribution in [1.82, 2.24) is 39.7 Å². The molecule has 2 aromatic carbocycles. The standard InChI is InChI=1S/C40H42N8O9/c1-45(22-32-34(54-3)17-24(18-35(32)55-4)31-23-46(2)38(51)30-20-41-11-9-27(30)31)12-15-56-16-13-47-21-25(43-44-47)10-14-57-26-5-6-28-29(19-26)40(53)48(39(28)52)33-7-8-36(49)42-37(33)50/h5-6,9,11,17-21,23,33H,7-8,10,12-16,22H2,1-4H3,(H,42,49,50). The molecule has 2 aliphatic rings. The molecule has 17 nitrogen and oxygen atoms in total. The maximum atomic E-state index is 13.1. The number of imide groups is 2. The van der Waals surface area contributed by atoms with Gasteiger partial charge in [0.25, 0.3) is 17.4 Å². The number of amides is 4. The summed E-state index contributed by atoms with van der Waals surface area (Å²) in [5.41, 5.74) is 3.54. The second-order valence-corrected chi connectivity index (χ2v) is 13.8. The highest BCUT2D eigenvalue weighted by molar-refractivity contribution is 6.23. The molecule has 1 atom stereocenters. The number of hydrogen-bond donors (Lipinski definition) is 1. The van der Waals surface area contributed by atoms with Crippen LogP contribution >= 0.6 is 0 Å². The molecule has 0 spiro atoms. The van der Waals surface area contributed by atoms with Crippen molar-refractivity contribution in [1.29, 1.82) is 0 Å². The lowest BCUT2D eigenvalue weighted by molar-refractivity contribution is -0.136. The molecule has 5 heterocycles. The van der Waals surface area contributed by atoms with Crippen LogP contribution < -0.4 is 25.1 Å². The Morgan fingerprint density at radius 3 is 2.42 bits per heavy atom. The summed E-state index contributed by atoms with van der Waals surface area (Å²) in [7, 11) is 6.96. The van der Waals surface area contributed by atoms with Crippen molar-refractivity contribution in [3.63, 3.8) is 0 Å². The van der Waals surface area contributed by atoms with Crippen LogP contribution in [0.3, 0.4) is 0 Å². The summed E-state index contributed by atoms with van der Waals surface area (Å²) in [5, 5.41) is 11.9. The Balaban J connectivity index is 0.865. The van der Waals surface area contributed by atoms with E-state index in [4.69, 9.17) is 18.9 Å². The van der Waals surface area contributed by atoms with Crippen LogP contribution in [-0.4, -0.2) is 112 Å². The Bertz CT molecular complexity index is 2400. The molecule has 1 unspecified atom stereocenters. The highest BCUT2D eigenvalue weighted by Gasteiger charge is 2.44. The molecule has 0 aliphatic carbocycles. The Morgan fingerprint density at radius 1 is 0.895 bits per heavy atom. The molecule has 0 bridgehead atoms. The van der Waals surface area contributed by atoms with E-state index in [1.165, 1.54) is 12.1 Å². The smallest absolute Gasteiger partial charge is 0.262 e. The van der Waals surface area contributed by atoms with Gasteiger partial charge in [-0.25, -0.2) is 4.68 Å². The number of ether oxygens (including phenoxy) is 4. The normalized spacial score (nSPS) is 15.4. The van der Waals surface area contributed by atoms with Gasteiger partial charge in [0.2, 0.25) is 11.8 Å². The second kappa shape index (κ2) is 16.7. The first-order valence-electron chi connectivity index (χ1n) is 18.4. The molecule has 1 saturated heterocycles. The van der Waals surface area contributed by atoms with Crippen molar-refractivity contribution in [3.05, 3.63) is 93.9 Å². The predicted molar refractivity (Wildman–Crippen MR) is 205 cm³/mol. The number of aromatic nitrogens is 5. The van der Waals surface area contributed by atoms with E-state index in [1.54, 1.807) is 49.0 Å². The third kappa shape index (κ3) is 8.10. The third-order valence-corrected chi connectivity index (χ3v) is 10.0. The van der Waals surface area contributed by atoms with Crippen LogP contribution in [0, 0.1) is 0 Å². The zero-order valence-electron chi connectivity index (χ0n) is 32.0. The Labute approximate surface area is 327 Å². The van der Waals surface area contributed by atoms with Gasteiger partial charge in [-0.05, 0) is 60.8 Å². The van der Waals surface area contributed by atoms with Gasteiger partial charge >= 0.3 is 0 Å². The lowest BCUT2D eigenvalue weighted by Gasteiger charge is -2.27. The van der Waals surface area contributed by atoms with E-state index < -0.39 is 29.7 Å². The fourth-order valence-electron chi connectivity index (χ4n) is 7.04. The van der Waals surface area contributed by atoms with Gasteiger partial charge in [-0.2, -0.15) is 0 Å². The van der Waals surface area contributed by atoms with Crippen molar-refractivity contribution in [2.45, 2.75) is 38.4 Å². The molecule has 1 N–H and O–H groups in total. The highest BCUT2D eigenvalue weighted by Crippen LogP contribution is 2.38. The number of fused-ring (bicyclic) bond motifs is 2. The number of benzene rings is 2. The molecule has 0 radical (unpaired) electrons. The summed E-state index contributed by atoms with van der Waals surface area (Å²) in [5.74, 6) is -0.521. The van der Waals surface area contributed by atoms with Crippen LogP contribution in [0.1, 0.15) is 44.8 Å². The SMILES string of the molecule is COc1cc(-c2cn(C)c(=O)c3cnccc23)cc(OC)c1CN(C)CCOCCn1cc(CCOc2ccc3c(c2)C(=O)N(C2CCC(=O)NC2=O)C3=O)nn1. The number of nitrogens with one attached hydrogen (secondary N) is 1. The minimum atomic E-state index is -1.03. The Kier molecular flexibility index (Phi) is 11.4. The van der Waals surface area contributed by atoms with E-state index in [0.29, 0.717) is 67.6 Å². The number of likely N-dealkylation sites (N-methyl/N-ethyl adjacent to an activating group) is 1. The molecule has 5 aromatic rings. The van der Waals surface area contributed by atoms with Crippen molar-refractivity contribution in [2.24, 2.45) is 7.05 Å². The van der Waals surface area contributed by atoms with Crippen LogP contribution in [0.4, 0.5) is 0 Å². The summed E-state index contributed by atoms with van der Waals surface area (Å²) in [6, 6.07) is 9.32. The zero-order valence-corrected chi connectivity index (χ0v) is 32.0. The molecular formula is C40H42N8O9. The summed E-state index contributed by atoms with van der Waals surface area (Å²) in [6.07, 6.45) is 7.48. The average molecular weight is 779 g/mol. The van der Waals surface area contributed by atoms with Gasteiger partial charge in [-0.1, -0.05) is 5.21 Å². The Morgan fingerprint density at radius 2 is 1.67 bits per heavy atom. The molecule has 1 fully saturated rings. The van der Waals surface area contributed by atoms with Crippen molar-refractivity contribution in [2.75, 3.05) is 47.6 Å². The van der Waals surface area contributed by atoms with Crippen molar-refractivity contribution >= 4 is 34.4 Å². The number of carbonyl (C=O) groups is 4. The number of methoxy groups -OCH3 is 2. The molecular weight excluding hydrogens is 736 g/mol. The fourth-order valence-corrected chi connectivity index (χ4v) is 7.04. The van der Waals surface area contributed by atoms with Crippen molar-refractivity contribution < 1.29 is 38.1 Å². The average Bonchev–Trinajstić information content (AvgIpc) is 3.76. The van der Waals surface area contributed by atoms with Crippen molar-refractivity contribution in [3.8, 4) is 28.4 Å². The lowest BCUT2D eigenvalue weighted by atomic mass is 9.99. The number of piperidine rings is 1. The van der Waals surface area contributed by atoms with Crippen LogP contribution in [0.25, 0.3) is 21.9 Å². The molecule has 7 rings (SSSR count). The molecule has 2 aliphatic heterocycles. The quantitative estimate of drug-likeness (QED) is 0.114. The van der Waals surface area contributed by atoms with Gasteiger partial charge in [-0.15, -0.1) is 5.10 Å². The summed E-state index contributed by atoms with van der Waals surface area (Å²) in [4.78, 5) is 69.8. The lowest BCUT2D eigenvalue weighted by Crippen LogP contribution is -2.54. The monoisotopic (exact) mass is 778 g/mol. The Hall–Kier alpha value is -6.46. The molecule has 4 amide bonds. The van der Waals surface area contributed by atoms with Gasteiger partial charge in [0, 0.05) is 63.3 Å². The van der Waals surface area contributed by atoms with E-state index in [1.807, 2.05) is 37.6 Å². The second-order valence-electron chi connectivity index (χ2n) is 13.8. The van der Waals surface area contributed by atoms with Crippen LogP contribution in [0.5, 0.6) is 17.2 Å². The number of aryl methyl sites for hydroxylation is 1. The van der Waals surface area contributed by atoms with Gasteiger partial charge in [0.1, 0.15) is 23.3 Å². The first kappa shape index (κ1) is 38.8. The van der Waals surface area contributed by atoms with Crippen LogP contribution in [0.2, 0.25) is 0 Å². The number of hydrogen-bond acceptors (Lipinski definition) is 13. The van der Waals surface area contributed by atoms with Gasteiger partial charge in [-0.3, -0.25) is 44.1 Å². The maximum absolute atomic E-state index is 13.1.